The largest absolute Gasteiger partial charge is 0.354 e. The highest BCUT2D eigenvalue weighted by atomic mass is 16.5. The summed E-state index contributed by atoms with van der Waals surface area (Å²) >= 11 is 0. The molecule has 1 fully saturated rings. The summed E-state index contributed by atoms with van der Waals surface area (Å²) in [4.78, 5) is 30.0. The topological polar surface area (TPSA) is 61.9 Å². The first-order valence-corrected chi connectivity index (χ1v) is 9.74. The van der Waals surface area contributed by atoms with Crippen LogP contribution in [0.1, 0.15) is 39.5 Å². The highest BCUT2D eigenvalue weighted by molar-refractivity contribution is 6.07. The molecule has 0 radical (unpaired) electrons. The van der Waals surface area contributed by atoms with E-state index in [4.69, 9.17) is 4.74 Å². The Balaban J connectivity index is 1.80. The van der Waals surface area contributed by atoms with Gasteiger partial charge in [-0.05, 0) is 52.1 Å². The first kappa shape index (κ1) is 19.1. The van der Waals surface area contributed by atoms with Gasteiger partial charge in [-0.25, -0.2) is 0 Å². The lowest BCUT2D eigenvalue weighted by molar-refractivity contribution is -0.138. The third-order valence-corrected chi connectivity index (χ3v) is 5.58. The van der Waals surface area contributed by atoms with E-state index in [1.54, 1.807) is 4.90 Å². The summed E-state index contributed by atoms with van der Waals surface area (Å²) < 4.78 is 6.17. The van der Waals surface area contributed by atoms with Crippen LogP contribution in [0.15, 0.2) is 23.3 Å². The van der Waals surface area contributed by atoms with Crippen molar-refractivity contribution in [3.8, 4) is 0 Å². The van der Waals surface area contributed by atoms with Gasteiger partial charge in [0.25, 0.3) is 5.91 Å². The van der Waals surface area contributed by atoms with E-state index in [1.807, 2.05) is 33.2 Å². The number of fused-ring (bicyclic) bond motifs is 1. The van der Waals surface area contributed by atoms with Crippen LogP contribution in [0.5, 0.6) is 0 Å². The van der Waals surface area contributed by atoms with Crippen LogP contribution < -0.4 is 5.32 Å². The Labute approximate surface area is 156 Å². The Bertz CT molecular complexity index is 640. The molecule has 6 nitrogen and oxygen atoms in total. The molecule has 0 aromatic rings. The van der Waals surface area contributed by atoms with Gasteiger partial charge in [-0.2, -0.15) is 0 Å². The summed E-state index contributed by atoms with van der Waals surface area (Å²) in [5, 5.41) is 3.03. The molecule has 3 atom stereocenters. The van der Waals surface area contributed by atoms with Gasteiger partial charge < -0.3 is 19.9 Å². The second-order valence-corrected chi connectivity index (χ2v) is 7.80. The normalized spacial score (nSPS) is 29.3. The van der Waals surface area contributed by atoms with Crippen molar-refractivity contribution in [3.05, 3.63) is 23.3 Å². The zero-order chi connectivity index (χ0) is 18.9. The molecule has 3 heterocycles. The first-order valence-electron chi connectivity index (χ1n) is 9.74. The molecule has 1 saturated heterocycles. The molecule has 0 aromatic heterocycles. The SMILES string of the molecule is CCCCCNC(=O)[C@H]1N(CCCN(C)C)C(=O)C2=C(C)[C@H]3C=C[C@]21O3. The molecule has 1 N–H and O–H groups in total. The van der Waals surface area contributed by atoms with Gasteiger partial charge in [0.2, 0.25) is 5.91 Å². The maximum Gasteiger partial charge on any atom is 0.254 e. The standard InChI is InChI=1S/C20H31N3O3/c1-5-6-7-11-21-18(24)17-20-10-9-15(26-20)14(2)16(20)19(25)23(17)13-8-12-22(3)4/h9-10,15,17H,5-8,11-13H2,1-4H3,(H,21,24)/t15-,17-,20+/m1/s1. The first-order chi connectivity index (χ1) is 12.4. The van der Waals surface area contributed by atoms with Crippen molar-refractivity contribution >= 4 is 11.8 Å². The van der Waals surface area contributed by atoms with Crippen molar-refractivity contribution < 1.29 is 14.3 Å². The Morgan fingerprint density at radius 3 is 2.81 bits per heavy atom. The van der Waals surface area contributed by atoms with E-state index in [2.05, 4.69) is 17.1 Å². The number of unbranched alkanes of at least 4 members (excludes halogenated alkanes) is 2. The second kappa shape index (κ2) is 7.53. The Morgan fingerprint density at radius 1 is 1.35 bits per heavy atom. The van der Waals surface area contributed by atoms with Crippen LogP contribution in [0.2, 0.25) is 0 Å². The van der Waals surface area contributed by atoms with E-state index in [9.17, 15) is 9.59 Å². The molecular formula is C20H31N3O3. The molecule has 2 amide bonds. The summed E-state index contributed by atoms with van der Waals surface area (Å²) in [6.45, 7) is 6.16. The van der Waals surface area contributed by atoms with E-state index in [0.717, 1.165) is 37.8 Å². The monoisotopic (exact) mass is 361 g/mol. The summed E-state index contributed by atoms with van der Waals surface area (Å²) in [6, 6.07) is -0.604. The summed E-state index contributed by atoms with van der Waals surface area (Å²) in [5.74, 6) is -0.142. The lowest BCUT2D eigenvalue weighted by Crippen LogP contribution is -2.54. The molecule has 0 unspecified atom stereocenters. The molecule has 3 rings (SSSR count). The summed E-state index contributed by atoms with van der Waals surface area (Å²) in [6.07, 6.45) is 7.73. The third kappa shape index (κ3) is 3.09. The zero-order valence-corrected chi connectivity index (χ0v) is 16.4. The smallest absolute Gasteiger partial charge is 0.254 e. The van der Waals surface area contributed by atoms with E-state index in [0.29, 0.717) is 18.7 Å². The highest BCUT2D eigenvalue weighted by Crippen LogP contribution is 2.51. The molecule has 144 valence electrons. The molecule has 3 aliphatic heterocycles. The van der Waals surface area contributed by atoms with Crippen LogP contribution >= 0.6 is 0 Å². The lowest BCUT2D eigenvalue weighted by atomic mass is 9.85. The molecular weight excluding hydrogens is 330 g/mol. The van der Waals surface area contributed by atoms with Gasteiger partial charge in [0, 0.05) is 13.1 Å². The molecule has 0 saturated carbocycles. The van der Waals surface area contributed by atoms with Crippen LogP contribution in [-0.4, -0.2) is 73.1 Å². The van der Waals surface area contributed by atoms with Crippen molar-refractivity contribution in [1.29, 1.82) is 0 Å². The number of nitrogens with one attached hydrogen (secondary N) is 1. The van der Waals surface area contributed by atoms with E-state index < -0.39 is 11.6 Å². The quantitative estimate of drug-likeness (QED) is 0.499. The van der Waals surface area contributed by atoms with Gasteiger partial charge in [0.1, 0.15) is 11.6 Å². The lowest BCUT2D eigenvalue weighted by Gasteiger charge is -2.31. The highest BCUT2D eigenvalue weighted by Gasteiger charge is 2.65. The van der Waals surface area contributed by atoms with Crippen molar-refractivity contribution in [2.24, 2.45) is 0 Å². The van der Waals surface area contributed by atoms with Crippen LogP contribution in [0.25, 0.3) is 0 Å². The van der Waals surface area contributed by atoms with Crippen molar-refractivity contribution in [2.45, 2.75) is 57.3 Å². The maximum absolute atomic E-state index is 13.1. The van der Waals surface area contributed by atoms with Gasteiger partial charge >= 0.3 is 0 Å². The van der Waals surface area contributed by atoms with E-state index in [-0.39, 0.29) is 17.9 Å². The molecule has 0 aliphatic carbocycles. The average Bonchev–Trinajstić information content (AvgIpc) is 3.20. The Kier molecular flexibility index (Phi) is 5.53. The number of hydrogen-bond acceptors (Lipinski definition) is 4. The minimum absolute atomic E-state index is 0.0400. The van der Waals surface area contributed by atoms with Crippen molar-refractivity contribution in [3.63, 3.8) is 0 Å². The third-order valence-electron chi connectivity index (χ3n) is 5.58. The minimum atomic E-state index is -0.890. The van der Waals surface area contributed by atoms with Crippen LogP contribution in [0.3, 0.4) is 0 Å². The molecule has 0 aromatic carbocycles. The van der Waals surface area contributed by atoms with Gasteiger partial charge in [-0.1, -0.05) is 25.8 Å². The molecule has 3 aliphatic rings. The van der Waals surface area contributed by atoms with Gasteiger partial charge in [0.15, 0.2) is 0 Å². The zero-order valence-electron chi connectivity index (χ0n) is 16.4. The van der Waals surface area contributed by atoms with Crippen LogP contribution in [0, 0.1) is 0 Å². The Morgan fingerprint density at radius 2 is 2.12 bits per heavy atom. The molecule has 1 spiro atoms. The number of ether oxygens (including phenoxy) is 1. The number of rotatable bonds is 9. The maximum atomic E-state index is 13.1. The second-order valence-electron chi connectivity index (χ2n) is 7.80. The van der Waals surface area contributed by atoms with Gasteiger partial charge in [0.05, 0.1) is 11.7 Å². The van der Waals surface area contributed by atoms with Crippen molar-refractivity contribution in [1.82, 2.24) is 15.1 Å². The predicted molar refractivity (Wildman–Crippen MR) is 101 cm³/mol. The number of likely N-dealkylation sites (tertiary alicyclic amines) is 1. The van der Waals surface area contributed by atoms with Gasteiger partial charge in [-0.15, -0.1) is 0 Å². The molecule has 26 heavy (non-hydrogen) atoms. The minimum Gasteiger partial charge on any atom is -0.354 e. The molecule has 6 heteroatoms. The number of carbonyl (C=O) groups excluding carboxylic acids is 2. The number of carbonyl (C=O) groups is 2. The average molecular weight is 361 g/mol. The molecule has 2 bridgehead atoms. The number of amides is 2. The Hall–Kier alpha value is -1.66. The van der Waals surface area contributed by atoms with Gasteiger partial charge in [-0.3, -0.25) is 9.59 Å². The summed E-state index contributed by atoms with van der Waals surface area (Å²) in [5.41, 5.74) is 0.749. The van der Waals surface area contributed by atoms with Crippen LogP contribution in [0.4, 0.5) is 0 Å². The number of hydrogen-bond donors (Lipinski definition) is 1. The van der Waals surface area contributed by atoms with E-state index in [1.165, 1.54) is 0 Å². The van der Waals surface area contributed by atoms with E-state index >= 15 is 0 Å². The summed E-state index contributed by atoms with van der Waals surface area (Å²) in [7, 11) is 4.02. The fourth-order valence-corrected chi connectivity index (χ4v) is 4.27. The predicted octanol–water partition coefficient (Wildman–Crippen LogP) is 1.48. The number of nitrogens with zero attached hydrogens (tertiary/aromatic N) is 2. The fraction of sp³-hybridized carbons (Fsp3) is 0.700. The van der Waals surface area contributed by atoms with Crippen LogP contribution in [-0.2, 0) is 14.3 Å². The fourth-order valence-electron chi connectivity index (χ4n) is 4.27. The van der Waals surface area contributed by atoms with Crippen molar-refractivity contribution in [2.75, 3.05) is 33.7 Å².